The van der Waals surface area contributed by atoms with Crippen LogP contribution in [0.4, 0.5) is 0 Å². The summed E-state index contributed by atoms with van der Waals surface area (Å²) >= 11 is 0. The second-order valence-electron chi connectivity index (χ2n) is 5.15. The van der Waals surface area contributed by atoms with E-state index in [4.69, 9.17) is 0 Å². The van der Waals surface area contributed by atoms with Crippen molar-refractivity contribution in [2.24, 2.45) is 0 Å². The molecule has 1 aliphatic rings. The van der Waals surface area contributed by atoms with Crippen molar-refractivity contribution in [3.63, 3.8) is 0 Å². The van der Waals surface area contributed by atoms with Crippen molar-refractivity contribution in [1.82, 2.24) is 14.6 Å². The Bertz CT molecular complexity index is 500. The Morgan fingerprint density at radius 2 is 2.20 bits per heavy atom. The fraction of sp³-hybridized carbons (Fsp3) is 0.643. The Kier molecular flexibility index (Phi) is 5.51. The van der Waals surface area contributed by atoms with E-state index in [9.17, 15) is 8.42 Å². The molecule has 0 saturated heterocycles. The summed E-state index contributed by atoms with van der Waals surface area (Å²) < 4.78 is 26.1. The lowest BCUT2D eigenvalue weighted by molar-refractivity contribution is 0.417. The van der Waals surface area contributed by atoms with Gasteiger partial charge in [0.2, 0.25) is 10.0 Å². The average molecular weight is 297 g/mol. The quantitative estimate of drug-likeness (QED) is 0.699. The molecule has 0 atom stereocenters. The van der Waals surface area contributed by atoms with Gasteiger partial charge in [0.1, 0.15) is 0 Å². The zero-order valence-electron chi connectivity index (χ0n) is 12.0. The fourth-order valence-corrected chi connectivity index (χ4v) is 3.55. The first-order valence-electron chi connectivity index (χ1n) is 7.23. The number of hydrogen-bond donors (Lipinski definition) is 1. The van der Waals surface area contributed by atoms with Gasteiger partial charge in [-0.15, -0.1) is 0 Å². The van der Waals surface area contributed by atoms with E-state index in [0.717, 1.165) is 12.2 Å². The first-order valence-corrected chi connectivity index (χ1v) is 8.84. The standard InChI is InChI=1S/C14H23N3O2S/c1-2-17(12-14-6-3-4-9-16-14)20(18,19)11-5-10-15-13-7-8-13/h3-4,6,9,13,15H,2,5,7-8,10-12H2,1H3. The molecule has 0 aromatic carbocycles. The van der Waals surface area contributed by atoms with Crippen LogP contribution in [-0.4, -0.2) is 42.6 Å². The summed E-state index contributed by atoms with van der Waals surface area (Å²) in [5.74, 6) is 0.202. The molecule has 5 nitrogen and oxygen atoms in total. The van der Waals surface area contributed by atoms with Crippen LogP contribution in [0.5, 0.6) is 0 Å². The van der Waals surface area contributed by atoms with Crippen molar-refractivity contribution < 1.29 is 8.42 Å². The molecule has 112 valence electrons. The highest BCUT2D eigenvalue weighted by Crippen LogP contribution is 2.18. The van der Waals surface area contributed by atoms with Crippen LogP contribution in [0.25, 0.3) is 0 Å². The summed E-state index contributed by atoms with van der Waals surface area (Å²) in [6.07, 6.45) is 4.81. The first kappa shape index (κ1) is 15.4. The molecule has 1 aliphatic carbocycles. The van der Waals surface area contributed by atoms with Gasteiger partial charge in [0.15, 0.2) is 0 Å². The largest absolute Gasteiger partial charge is 0.314 e. The normalized spacial score (nSPS) is 15.7. The highest BCUT2D eigenvalue weighted by molar-refractivity contribution is 7.89. The molecule has 0 aliphatic heterocycles. The lowest BCUT2D eigenvalue weighted by atomic mass is 10.3. The monoisotopic (exact) mass is 297 g/mol. The molecule has 1 heterocycles. The molecule has 2 rings (SSSR count). The predicted octanol–water partition coefficient (Wildman–Crippen LogP) is 1.38. The molecule has 6 heteroatoms. The molecule has 1 aromatic heterocycles. The van der Waals surface area contributed by atoms with Crippen molar-refractivity contribution >= 4 is 10.0 Å². The zero-order chi connectivity index (χ0) is 14.4. The van der Waals surface area contributed by atoms with Crippen LogP contribution in [0, 0.1) is 0 Å². The summed E-state index contributed by atoms with van der Waals surface area (Å²) in [5, 5.41) is 3.34. The molecule has 0 bridgehead atoms. The fourth-order valence-electron chi connectivity index (χ4n) is 2.06. The van der Waals surface area contributed by atoms with Crippen LogP contribution in [0.2, 0.25) is 0 Å². The van der Waals surface area contributed by atoms with Gasteiger partial charge in [-0.1, -0.05) is 13.0 Å². The molecular formula is C14H23N3O2S. The third kappa shape index (κ3) is 4.85. The van der Waals surface area contributed by atoms with Gasteiger partial charge >= 0.3 is 0 Å². The number of sulfonamides is 1. The molecule has 1 aromatic rings. The first-order chi connectivity index (χ1) is 9.62. The zero-order valence-corrected chi connectivity index (χ0v) is 12.8. The summed E-state index contributed by atoms with van der Waals surface area (Å²) in [6, 6.07) is 6.20. The Morgan fingerprint density at radius 3 is 2.80 bits per heavy atom. The van der Waals surface area contributed by atoms with Gasteiger partial charge in [-0.2, -0.15) is 4.31 Å². The summed E-state index contributed by atoms with van der Waals surface area (Å²) in [6.45, 7) is 3.48. The maximum Gasteiger partial charge on any atom is 0.214 e. The Balaban J connectivity index is 1.83. The number of nitrogens with one attached hydrogen (secondary N) is 1. The minimum absolute atomic E-state index is 0.202. The van der Waals surface area contributed by atoms with Crippen molar-refractivity contribution in [2.45, 2.75) is 38.8 Å². The highest BCUT2D eigenvalue weighted by Gasteiger charge is 2.22. The Morgan fingerprint density at radius 1 is 1.40 bits per heavy atom. The van der Waals surface area contributed by atoms with E-state index in [2.05, 4.69) is 10.3 Å². The minimum Gasteiger partial charge on any atom is -0.314 e. The van der Waals surface area contributed by atoms with Gasteiger partial charge in [0, 0.05) is 18.8 Å². The Hall–Kier alpha value is -0.980. The van der Waals surface area contributed by atoms with Gasteiger partial charge in [-0.3, -0.25) is 4.98 Å². The van der Waals surface area contributed by atoms with Crippen LogP contribution in [0.3, 0.4) is 0 Å². The van der Waals surface area contributed by atoms with E-state index in [1.54, 1.807) is 6.20 Å². The second kappa shape index (κ2) is 7.15. The number of hydrogen-bond acceptors (Lipinski definition) is 4. The summed E-state index contributed by atoms with van der Waals surface area (Å²) in [5.41, 5.74) is 0.786. The van der Waals surface area contributed by atoms with Crippen LogP contribution >= 0.6 is 0 Å². The lowest BCUT2D eigenvalue weighted by Crippen LogP contribution is -2.33. The van der Waals surface area contributed by atoms with Gasteiger partial charge in [-0.05, 0) is 37.9 Å². The third-order valence-electron chi connectivity index (χ3n) is 3.40. The third-order valence-corrected chi connectivity index (χ3v) is 5.38. The Labute approximate surface area is 121 Å². The van der Waals surface area contributed by atoms with E-state index in [1.807, 2.05) is 25.1 Å². The van der Waals surface area contributed by atoms with Gasteiger partial charge < -0.3 is 5.32 Å². The molecule has 0 radical (unpaired) electrons. The van der Waals surface area contributed by atoms with E-state index >= 15 is 0 Å². The topological polar surface area (TPSA) is 62.3 Å². The van der Waals surface area contributed by atoms with E-state index < -0.39 is 10.0 Å². The van der Waals surface area contributed by atoms with Crippen LogP contribution in [0.15, 0.2) is 24.4 Å². The molecule has 0 amide bonds. The minimum atomic E-state index is -3.19. The maximum absolute atomic E-state index is 12.3. The molecular weight excluding hydrogens is 274 g/mol. The van der Waals surface area contributed by atoms with Crippen molar-refractivity contribution in [3.8, 4) is 0 Å². The van der Waals surface area contributed by atoms with Gasteiger partial charge in [-0.25, -0.2) is 8.42 Å². The highest BCUT2D eigenvalue weighted by atomic mass is 32.2. The number of aromatic nitrogens is 1. The van der Waals surface area contributed by atoms with Crippen LogP contribution in [-0.2, 0) is 16.6 Å². The molecule has 1 saturated carbocycles. The predicted molar refractivity (Wildman–Crippen MR) is 79.7 cm³/mol. The smallest absolute Gasteiger partial charge is 0.214 e. The SMILES string of the molecule is CCN(Cc1ccccn1)S(=O)(=O)CCCNC1CC1. The van der Waals surface area contributed by atoms with E-state index in [0.29, 0.717) is 25.6 Å². The molecule has 1 N–H and O–H groups in total. The van der Waals surface area contributed by atoms with E-state index in [-0.39, 0.29) is 5.75 Å². The summed E-state index contributed by atoms with van der Waals surface area (Å²) in [7, 11) is -3.19. The van der Waals surface area contributed by atoms with Crippen molar-refractivity contribution in [1.29, 1.82) is 0 Å². The molecule has 0 unspecified atom stereocenters. The number of rotatable bonds is 9. The van der Waals surface area contributed by atoms with Crippen LogP contribution < -0.4 is 5.32 Å². The van der Waals surface area contributed by atoms with Crippen LogP contribution in [0.1, 0.15) is 31.9 Å². The maximum atomic E-state index is 12.3. The number of pyridine rings is 1. The molecule has 1 fully saturated rings. The molecule has 20 heavy (non-hydrogen) atoms. The van der Waals surface area contributed by atoms with Gasteiger partial charge in [0.25, 0.3) is 0 Å². The van der Waals surface area contributed by atoms with Crippen molar-refractivity contribution in [2.75, 3.05) is 18.8 Å². The number of nitrogens with zero attached hydrogens (tertiary/aromatic N) is 2. The lowest BCUT2D eigenvalue weighted by Gasteiger charge is -2.20. The van der Waals surface area contributed by atoms with Gasteiger partial charge in [0.05, 0.1) is 18.0 Å². The molecule has 0 spiro atoms. The average Bonchev–Trinajstić information content (AvgIpc) is 3.26. The van der Waals surface area contributed by atoms with E-state index in [1.165, 1.54) is 17.1 Å². The van der Waals surface area contributed by atoms with Crippen molar-refractivity contribution in [3.05, 3.63) is 30.1 Å². The summed E-state index contributed by atoms with van der Waals surface area (Å²) in [4.78, 5) is 4.19. The second-order valence-corrected chi connectivity index (χ2v) is 7.23.